The van der Waals surface area contributed by atoms with Crippen LogP contribution >= 0.6 is 0 Å². The molecule has 0 heterocycles. The van der Waals surface area contributed by atoms with Gasteiger partial charge >= 0.3 is 18.2 Å². The Bertz CT molecular complexity index is 1340. The van der Waals surface area contributed by atoms with Crippen LogP contribution in [0.2, 0.25) is 0 Å². The van der Waals surface area contributed by atoms with Gasteiger partial charge in [0.25, 0.3) is 0 Å². The smallest absolute Gasteiger partial charge is 0.407 e. The van der Waals surface area contributed by atoms with Gasteiger partial charge in [0.1, 0.15) is 12.6 Å². The van der Waals surface area contributed by atoms with Crippen molar-refractivity contribution in [1.29, 1.82) is 0 Å². The fourth-order valence-corrected chi connectivity index (χ4v) is 4.72. The standard InChI is InChI=1S/C30H29F3N2O6/c1-18(40-16-19-9-3-2-4-10-19)26(27(36)34-15-25(28(37)38)30(31,32)33)35-29(39)41-17-24-22-13-7-5-11-20(22)21-12-6-8-14-23(21)24/h2-14,18,24-26H,15-17H2,1H3,(H,34,36)(H,35,39)(H,37,38)/t18-,25?,26+/m0/s1. The number of alkyl halides is 3. The third kappa shape index (κ3) is 7.23. The van der Waals surface area contributed by atoms with Crippen molar-refractivity contribution in [3.63, 3.8) is 0 Å². The zero-order valence-electron chi connectivity index (χ0n) is 22.1. The Hall–Kier alpha value is -4.38. The summed E-state index contributed by atoms with van der Waals surface area (Å²) >= 11 is 0. The second kappa shape index (κ2) is 12.9. The fraction of sp³-hybridized carbons (Fsp3) is 0.300. The van der Waals surface area contributed by atoms with Crippen LogP contribution in [0.25, 0.3) is 11.1 Å². The van der Waals surface area contributed by atoms with Gasteiger partial charge in [-0.15, -0.1) is 0 Å². The monoisotopic (exact) mass is 570 g/mol. The van der Waals surface area contributed by atoms with E-state index in [1.165, 1.54) is 6.92 Å². The van der Waals surface area contributed by atoms with Crippen LogP contribution in [0.5, 0.6) is 0 Å². The molecule has 216 valence electrons. The second-order valence-corrected chi connectivity index (χ2v) is 9.63. The first-order valence-electron chi connectivity index (χ1n) is 12.9. The van der Waals surface area contributed by atoms with Crippen LogP contribution in [0.3, 0.4) is 0 Å². The quantitative estimate of drug-likeness (QED) is 0.303. The molecule has 4 rings (SSSR count). The summed E-state index contributed by atoms with van der Waals surface area (Å²) in [5, 5.41) is 13.3. The van der Waals surface area contributed by atoms with Crippen molar-refractivity contribution in [1.82, 2.24) is 10.6 Å². The van der Waals surface area contributed by atoms with Crippen LogP contribution in [0, 0.1) is 5.92 Å². The molecule has 0 spiro atoms. The molecule has 0 saturated heterocycles. The first-order chi connectivity index (χ1) is 19.6. The predicted octanol–water partition coefficient (Wildman–Crippen LogP) is 4.88. The summed E-state index contributed by atoms with van der Waals surface area (Å²) in [6.07, 6.45) is -7.07. The number of nitrogens with one attached hydrogen (secondary N) is 2. The molecule has 0 saturated carbocycles. The summed E-state index contributed by atoms with van der Waals surface area (Å²) in [6.45, 7) is 0.252. The number of carboxylic acids is 1. The summed E-state index contributed by atoms with van der Waals surface area (Å²) in [7, 11) is 0. The van der Waals surface area contributed by atoms with Crippen molar-refractivity contribution in [3.05, 3.63) is 95.6 Å². The molecule has 0 aliphatic heterocycles. The van der Waals surface area contributed by atoms with Crippen LogP contribution in [-0.4, -0.2) is 54.5 Å². The van der Waals surface area contributed by atoms with E-state index in [9.17, 15) is 27.6 Å². The highest BCUT2D eigenvalue weighted by molar-refractivity contribution is 5.87. The lowest BCUT2D eigenvalue weighted by Crippen LogP contribution is -2.55. The van der Waals surface area contributed by atoms with E-state index in [4.69, 9.17) is 14.6 Å². The normalized spacial score (nSPS) is 14.7. The first kappa shape index (κ1) is 29.6. The van der Waals surface area contributed by atoms with Gasteiger partial charge in [0, 0.05) is 12.5 Å². The Morgan fingerprint density at radius 1 is 0.902 bits per heavy atom. The van der Waals surface area contributed by atoms with E-state index in [0.29, 0.717) is 0 Å². The molecular weight excluding hydrogens is 541 g/mol. The number of benzene rings is 3. The van der Waals surface area contributed by atoms with E-state index in [2.05, 4.69) is 5.32 Å². The molecule has 11 heteroatoms. The van der Waals surface area contributed by atoms with Crippen LogP contribution < -0.4 is 10.6 Å². The molecule has 2 amide bonds. The molecule has 8 nitrogen and oxygen atoms in total. The van der Waals surface area contributed by atoms with Gasteiger partial charge in [0.05, 0.1) is 12.7 Å². The van der Waals surface area contributed by atoms with Crippen molar-refractivity contribution < 1.29 is 42.1 Å². The molecule has 0 aromatic heterocycles. The number of hydrogen-bond donors (Lipinski definition) is 3. The number of ether oxygens (including phenoxy) is 2. The van der Waals surface area contributed by atoms with Gasteiger partial charge in [-0.2, -0.15) is 13.2 Å². The number of rotatable bonds is 11. The molecule has 3 aromatic rings. The molecule has 41 heavy (non-hydrogen) atoms. The summed E-state index contributed by atoms with van der Waals surface area (Å²) < 4.78 is 50.6. The Balaban J connectivity index is 1.45. The Morgan fingerprint density at radius 2 is 1.46 bits per heavy atom. The number of alkyl carbamates (subject to hydrolysis) is 1. The minimum absolute atomic E-state index is 0.0530. The molecular formula is C30H29F3N2O6. The highest BCUT2D eigenvalue weighted by Crippen LogP contribution is 2.44. The van der Waals surface area contributed by atoms with E-state index in [0.717, 1.165) is 27.8 Å². The number of carbonyl (C=O) groups is 3. The average molecular weight is 571 g/mol. The largest absolute Gasteiger partial charge is 0.481 e. The van der Waals surface area contributed by atoms with E-state index >= 15 is 0 Å². The van der Waals surface area contributed by atoms with Crippen molar-refractivity contribution in [3.8, 4) is 11.1 Å². The van der Waals surface area contributed by atoms with E-state index in [1.54, 1.807) is 30.3 Å². The second-order valence-electron chi connectivity index (χ2n) is 9.63. The zero-order valence-corrected chi connectivity index (χ0v) is 22.1. The lowest BCUT2D eigenvalue weighted by Gasteiger charge is -2.26. The number of amides is 2. The molecule has 1 unspecified atom stereocenters. The summed E-state index contributed by atoms with van der Waals surface area (Å²) in [6, 6.07) is 22.9. The molecule has 3 N–H and O–H groups in total. The van der Waals surface area contributed by atoms with Gasteiger partial charge < -0.3 is 25.2 Å². The topological polar surface area (TPSA) is 114 Å². The third-order valence-electron chi connectivity index (χ3n) is 6.90. The van der Waals surface area contributed by atoms with Gasteiger partial charge in [-0.3, -0.25) is 9.59 Å². The van der Waals surface area contributed by atoms with E-state index in [-0.39, 0.29) is 19.1 Å². The lowest BCUT2D eigenvalue weighted by molar-refractivity contribution is -0.192. The lowest BCUT2D eigenvalue weighted by atomic mass is 9.98. The zero-order chi connectivity index (χ0) is 29.6. The Morgan fingerprint density at radius 3 is 2.02 bits per heavy atom. The maximum absolute atomic E-state index is 13.1. The molecule has 0 bridgehead atoms. The SMILES string of the molecule is C[C@H](OCc1ccccc1)[C@@H](NC(=O)OCC1c2ccccc2-c2ccccc21)C(=O)NCC(C(=O)O)C(F)(F)F. The van der Waals surface area contributed by atoms with Crippen molar-refractivity contribution in [2.45, 2.75) is 37.8 Å². The number of hydrogen-bond acceptors (Lipinski definition) is 5. The van der Waals surface area contributed by atoms with Gasteiger partial charge in [-0.1, -0.05) is 78.9 Å². The Labute approximate surface area is 234 Å². The van der Waals surface area contributed by atoms with Gasteiger partial charge in [0.15, 0.2) is 5.92 Å². The molecule has 0 radical (unpaired) electrons. The van der Waals surface area contributed by atoms with Gasteiger partial charge in [-0.25, -0.2) is 4.79 Å². The maximum Gasteiger partial charge on any atom is 0.407 e. The molecule has 0 fully saturated rings. The first-order valence-corrected chi connectivity index (χ1v) is 12.9. The molecule has 3 aromatic carbocycles. The average Bonchev–Trinajstić information content (AvgIpc) is 3.26. The summed E-state index contributed by atoms with van der Waals surface area (Å²) in [4.78, 5) is 36.9. The number of carbonyl (C=O) groups excluding carboxylic acids is 2. The molecule has 1 aliphatic rings. The van der Waals surface area contributed by atoms with Crippen LogP contribution in [-0.2, 0) is 25.7 Å². The third-order valence-corrected chi connectivity index (χ3v) is 6.90. The number of carboxylic acid groups (broad SMARTS) is 1. The van der Waals surface area contributed by atoms with Crippen LogP contribution in [0.4, 0.5) is 18.0 Å². The van der Waals surface area contributed by atoms with Gasteiger partial charge in [-0.05, 0) is 34.7 Å². The van der Waals surface area contributed by atoms with Crippen molar-refractivity contribution in [2.75, 3.05) is 13.2 Å². The summed E-state index contributed by atoms with van der Waals surface area (Å²) in [5.41, 5.74) is 4.76. The van der Waals surface area contributed by atoms with Crippen LogP contribution in [0.1, 0.15) is 29.5 Å². The highest BCUT2D eigenvalue weighted by atomic mass is 19.4. The maximum atomic E-state index is 13.1. The highest BCUT2D eigenvalue weighted by Gasteiger charge is 2.45. The minimum atomic E-state index is -5.08. The predicted molar refractivity (Wildman–Crippen MR) is 143 cm³/mol. The van der Waals surface area contributed by atoms with Crippen LogP contribution in [0.15, 0.2) is 78.9 Å². The molecule has 1 aliphatic carbocycles. The van der Waals surface area contributed by atoms with Crippen molar-refractivity contribution >= 4 is 18.0 Å². The number of aliphatic carboxylic acids is 1. The number of fused-ring (bicyclic) bond motifs is 3. The minimum Gasteiger partial charge on any atom is -0.481 e. The molecule has 3 atom stereocenters. The van der Waals surface area contributed by atoms with E-state index < -0.39 is 48.8 Å². The van der Waals surface area contributed by atoms with Crippen molar-refractivity contribution in [2.24, 2.45) is 5.92 Å². The fourth-order valence-electron chi connectivity index (χ4n) is 4.72. The summed E-state index contributed by atoms with van der Waals surface area (Å²) in [5.74, 6) is -6.25. The van der Waals surface area contributed by atoms with E-state index in [1.807, 2.05) is 53.8 Å². The van der Waals surface area contributed by atoms with Gasteiger partial charge in [0.2, 0.25) is 5.91 Å². The Kier molecular flexibility index (Phi) is 9.28. The number of halogens is 3.